The first-order chi connectivity index (χ1) is 8.78. The first-order valence-corrected chi connectivity index (χ1v) is 7.50. The molecule has 1 aliphatic rings. The van der Waals surface area contributed by atoms with Crippen LogP contribution in [0.1, 0.15) is 16.7 Å². The molecule has 0 aliphatic carbocycles. The Kier molecular flexibility index (Phi) is 3.47. The van der Waals surface area contributed by atoms with Crippen LogP contribution in [0.15, 0.2) is 22.2 Å². The van der Waals surface area contributed by atoms with Crippen molar-refractivity contribution in [3.8, 4) is 0 Å². The molecule has 0 radical (unpaired) electrons. The lowest BCUT2D eigenvalue weighted by atomic mass is 10.2. The zero-order valence-electron chi connectivity index (χ0n) is 9.79. The molecular weight excluding hydrogens is 314 g/mol. The first kappa shape index (κ1) is 12.3. The van der Waals surface area contributed by atoms with Crippen molar-refractivity contribution in [2.75, 3.05) is 13.1 Å². The predicted molar refractivity (Wildman–Crippen MR) is 74.2 cm³/mol. The zero-order valence-corrected chi connectivity index (χ0v) is 12.2. The van der Waals surface area contributed by atoms with E-state index < -0.39 is 0 Å². The number of nitrogens with zero attached hydrogens (tertiary/aromatic N) is 4. The second kappa shape index (κ2) is 5.08. The van der Waals surface area contributed by atoms with Gasteiger partial charge in [0.15, 0.2) is 0 Å². The van der Waals surface area contributed by atoms with Crippen LogP contribution >= 0.6 is 27.3 Å². The Morgan fingerprint density at radius 2 is 2.39 bits per heavy atom. The SMILES string of the molecule is NCC(c1cc(Br)cs1)N1CCn2cnnc2C1. The van der Waals surface area contributed by atoms with Gasteiger partial charge in [0.05, 0.1) is 12.6 Å². The van der Waals surface area contributed by atoms with Crippen LogP contribution in [0.2, 0.25) is 0 Å². The quantitative estimate of drug-likeness (QED) is 0.930. The molecule has 7 heteroatoms. The van der Waals surface area contributed by atoms with Crippen LogP contribution < -0.4 is 5.73 Å². The summed E-state index contributed by atoms with van der Waals surface area (Å²) in [7, 11) is 0. The molecule has 0 saturated heterocycles. The highest BCUT2D eigenvalue weighted by Gasteiger charge is 2.25. The molecule has 0 amide bonds. The third kappa shape index (κ3) is 2.23. The molecule has 5 nitrogen and oxygen atoms in total. The van der Waals surface area contributed by atoms with Gasteiger partial charge in [0.25, 0.3) is 0 Å². The van der Waals surface area contributed by atoms with E-state index in [-0.39, 0.29) is 6.04 Å². The second-order valence-corrected chi connectivity index (χ2v) is 6.19. The molecule has 18 heavy (non-hydrogen) atoms. The highest BCUT2D eigenvalue weighted by Crippen LogP contribution is 2.30. The average Bonchev–Trinajstić information content (AvgIpc) is 2.99. The lowest BCUT2D eigenvalue weighted by molar-refractivity contribution is 0.158. The average molecular weight is 328 g/mol. The molecule has 0 bridgehead atoms. The van der Waals surface area contributed by atoms with Gasteiger partial charge in [-0.2, -0.15) is 0 Å². The van der Waals surface area contributed by atoms with E-state index in [4.69, 9.17) is 5.73 Å². The highest BCUT2D eigenvalue weighted by molar-refractivity contribution is 9.10. The van der Waals surface area contributed by atoms with Crippen LogP contribution in [-0.4, -0.2) is 32.8 Å². The van der Waals surface area contributed by atoms with Gasteiger partial charge >= 0.3 is 0 Å². The fourth-order valence-electron chi connectivity index (χ4n) is 2.30. The molecule has 3 rings (SSSR count). The van der Waals surface area contributed by atoms with Crippen LogP contribution in [0, 0.1) is 0 Å². The monoisotopic (exact) mass is 327 g/mol. The standard InChI is InChI=1S/C11H14BrN5S/c12-8-3-10(18-6-8)9(4-13)16-1-2-17-7-14-15-11(17)5-16/h3,6-7,9H,1-2,4-5,13H2. The highest BCUT2D eigenvalue weighted by atomic mass is 79.9. The Morgan fingerprint density at radius 1 is 1.50 bits per heavy atom. The van der Waals surface area contributed by atoms with Crippen LogP contribution in [-0.2, 0) is 13.1 Å². The number of nitrogens with two attached hydrogens (primary N) is 1. The largest absolute Gasteiger partial charge is 0.329 e. The molecule has 2 aromatic heterocycles. The van der Waals surface area contributed by atoms with Gasteiger partial charge in [-0.3, -0.25) is 4.90 Å². The van der Waals surface area contributed by atoms with Crippen molar-refractivity contribution in [2.24, 2.45) is 5.73 Å². The minimum Gasteiger partial charge on any atom is -0.329 e. The van der Waals surface area contributed by atoms with E-state index in [0.717, 1.165) is 29.9 Å². The maximum atomic E-state index is 5.95. The number of hydrogen-bond donors (Lipinski definition) is 1. The number of aromatic nitrogens is 3. The van der Waals surface area contributed by atoms with Crippen LogP contribution in [0.4, 0.5) is 0 Å². The summed E-state index contributed by atoms with van der Waals surface area (Å²) in [5, 5.41) is 10.2. The van der Waals surface area contributed by atoms with Crippen molar-refractivity contribution >= 4 is 27.3 Å². The van der Waals surface area contributed by atoms with Crippen LogP contribution in [0.5, 0.6) is 0 Å². The third-order valence-electron chi connectivity index (χ3n) is 3.25. The normalized spacial score (nSPS) is 17.7. The van der Waals surface area contributed by atoms with Gasteiger partial charge in [-0.25, -0.2) is 0 Å². The second-order valence-electron chi connectivity index (χ2n) is 4.33. The molecule has 2 N–H and O–H groups in total. The fourth-order valence-corrected chi connectivity index (χ4v) is 3.89. The molecule has 1 aliphatic heterocycles. The summed E-state index contributed by atoms with van der Waals surface area (Å²) in [6.07, 6.45) is 1.80. The lowest BCUT2D eigenvalue weighted by Gasteiger charge is -2.33. The van der Waals surface area contributed by atoms with E-state index in [1.54, 1.807) is 17.7 Å². The number of rotatable bonds is 3. The zero-order chi connectivity index (χ0) is 12.5. The van der Waals surface area contributed by atoms with Crippen molar-refractivity contribution in [2.45, 2.75) is 19.1 Å². The maximum absolute atomic E-state index is 5.95. The Hall–Kier alpha value is -0.760. The summed E-state index contributed by atoms with van der Waals surface area (Å²) in [6.45, 7) is 3.37. The number of halogens is 1. The molecule has 3 heterocycles. The van der Waals surface area contributed by atoms with E-state index >= 15 is 0 Å². The van der Waals surface area contributed by atoms with E-state index in [1.165, 1.54) is 4.88 Å². The summed E-state index contributed by atoms with van der Waals surface area (Å²) in [5.74, 6) is 1.02. The summed E-state index contributed by atoms with van der Waals surface area (Å²) >= 11 is 5.25. The van der Waals surface area contributed by atoms with Crippen molar-refractivity contribution in [3.05, 3.63) is 32.9 Å². The first-order valence-electron chi connectivity index (χ1n) is 5.82. The minimum atomic E-state index is 0.270. The van der Waals surface area contributed by atoms with E-state index in [1.807, 2.05) is 0 Å². The number of hydrogen-bond acceptors (Lipinski definition) is 5. The van der Waals surface area contributed by atoms with Crippen molar-refractivity contribution in [1.82, 2.24) is 19.7 Å². The van der Waals surface area contributed by atoms with Crippen molar-refractivity contribution in [3.63, 3.8) is 0 Å². The molecule has 0 aromatic carbocycles. The van der Waals surface area contributed by atoms with E-state index in [9.17, 15) is 0 Å². The summed E-state index contributed by atoms with van der Waals surface area (Å²) < 4.78 is 3.23. The van der Waals surface area contributed by atoms with Crippen LogP contribution in [0.3, 0.4) is 0 Å². The molecule has 0 spiro atoms. The molecule has 1 atom stereocenters. The van der Waals surface area contributed by atoms with Gasteiger partial charge in [-0.1, -0.05) is 0 Å². The van der Waals surface area contributed by atoms with Gasteiger partial charge in [-0.15, -0.1) is 21.5 Å². The Bertz CT molecular complexity index is 537. The van der Waals surface area contributed by atoms with Gasteiger partial charge in [0.1, 0.15) is 12.2 Å². The summed E-state index contributed by atoms with van der Waals surface area (Å²) in [5.41, 5.74) is 5.95. The molecule has 0 fully saturated rings. The smallest absolute Gasteiger partial charge is 0.147 e. The van der Waals surface area contributed by atoms with Gasteiger partial charge < -0.3 is 10.3 Å². The topological polar surface area (TPSA) is 60.0 Å². The van der Waals surface area contributed by atoms with Gasteiger partial charge in [-0.05, 0) is 22.0 Å². The van der Waals surface area contributed by atoms with E-state index in [2.05, 4.69) is 47.0 Å². The predicted octanol–water partition coefficient (Wildman–Crippen LogP) is 1.62. The van der Waals surface area contributed by atoms with E-state index in [0.29, 0.717) is 6.54 Å². The van der Waals surface area contributed by atoms with Crippen LogP contribution in [0.25, 0.3) is 0 Å². The van der Waals surface area contributed by atoms with Gasteiger partial charge in [0, 0.05) is 34.4 Å². The van der Waals surface area contributed by atoms with Crippen molar-refractivity contribution in [1.29, 1.82) is 0 Å². The Balaban J connectivity index is 1.82. The molecule has 96 valence electrons. The number of thiophene rings is 1. The molecule has 2 aromatic rings. The molecular formula is C11H14BrN5S. The molecule has 0 saturated carbocycles. The minimum absolute atomic E-state index is 0.270. The van der Waals surface area contributed by atoms with Crippen molar-refractivity contribution < 1.29 is 0 Å². The lowest BCUT2D eigenvalue weighted by Crippen LogP contribution is -2.39. The fraction of sp³-hybridized carbons (Fsp3) is 0.455. The third-order valence-corrected chi connectivity index (χ3v) is 5.04. The Morgan fingerprint density at radius 3 is 3.11 bits per heavy atom. The molecule has 1 unspecified atom stereocenters. The summed E-state index contributed by atoms with van der Waals surface area (Å²) in [4.78, 5) is 3.68. The number of fused-ring (bicyclic) bond motifs is 1. The summed E-state index contributed by atoms with van der Waals surface area (Å²) in [6, 6.07) is 2.42. The van der Waals surface area contributed by atoms with Gasteiger partial charge in [0.2, 0.25) is 0 Å². The maximum Gasteiger partial charge on any atom is 0.147 e. The Labute approximate surface area is 118 Å².